The van der Waals surface area contributed by atoms with Crippen LogP contribution < -0.4 is 5.73 Å². The van der Waals surface area contributed by atoms with Gasteiger partial charge >= 0.3 is 0 Å². The Balaban J connectivity index is 2.07. The van der Waals surface area contributed by atoms with Crippen molar-refractivity contribution in [3.05, 3.63) is 29.6 Å². The average Bonchev–Trinajstić information content (AvgIpc) is 2.75. The fraction of sp³-hybridized carbons (Fsp3) is 0.385. The third kappa shape index (κ3) is 1.75. The Labute approximate surface area is 105 Å². The van der Waals surface area contributed by atoms with Gasteiger partial charge in [-0.1, -0.05) is 12.1 Å². The second kappa shape index (κ2) is 4.08. The van der Waals surface area contributed by atoms with Crippen LogP contribution in [0.5, 0.6) is 0 Å². The number of nitrogen functional groups attached to an aromatic ring is 1. The van der Waals surface area contributed by atoms with Crippen LogP contribution in [-0.4, -0.2) is 20.9 Å². The molecule has 2 aromatic rings. The van der Waals surface area contributed by atoms with Crippen molar-refractivity contribution in [2.24, 2.45) is 0 Å². The molecule has 0 bridgehead atoms. The number of aryl methyl sites for hydroxylation is 2. The van der Waals surface area contributed by atoms with Crippen molar-refractivity contribution in [2.45, 2.75) is 32.5 Å². The van der Waals surface area contributed by atoms with Crippen LogP contribution >= 0.6 is 0 Å². The van der Waals surface area contributed by atoms with E-state index in [4.69, 9.17) is 5.73 Å². The quantitative estimate of drug-likeness (QED) is 0.784. The number of nitrogens with two attached hydrogens (primary N) is 1. The van der Waals surface area contributed by atoms with E-state index < -0.39 is 6.17 Å². The van der Waals surface area contributed by atoms with Crippen molar-refractivity contribution < 1.29 is 4.39 Å². The van der Waals surface area contributed by atoms with Crippen molar-refractivity contribution in [3.63, 3.8) is 0 Å². The largest absolute Gasteiger partial charge is 0.398 e. The van der Waals surface area contributed by atoms with Gasteiger partial charge in [0, 0.05) is 17.7 Å². The van der Waals surface area contributed by atoms with Crippen LogP contribution in [0.4, 0.5) is 10.1 Å². The number of halogens is 1. The van der Waals surface area contributed by atoms with Gasteiger partial charge in [-0.3, -0.25) is 0 Å². The number of anilines is 1. The predicted octanol–water partition coefficient (Wildman–Crippen LogP) is 2.12. The fourth-order valence-electron chi connectivity index (χ4n) is 2.28. The zero-order valence-electron chi connectivity index (χ0n) is 10.2. The first-order valence-corrected chi connectivity index (χ1v) is 6.08. The van der Waals surface area contributed by atoms with Crippen molar-refractivity contribution in [2.75, 3.05) is 5.73 Å². The van der Waals surface area contributed by atoms with E-state index in [2.05, 4.69) is 10.2 Å². The molecule has 0 fully saturated rings. The fourth-order valence-corrected chi connectivity index (χ4v) is 2.28. The van der Waals surface area contributed by atoms with Gasteiger partial charge in [-0.25, -0.2) is 4.39 Å². The summed E-state index contributed by atoms with van der Waals surface area (Å²) in [6, 6.07) is 5.77. The molecule has 1 aromatic heterocycles. The molecular formula is C13H15FN4. The van der Waals surface area contributed by atoms with Gasteiger partial charge in [0.15, 0.2) is 5.82 Å². The normalized spacial score (nSPS) is 18.7. The molecule has 94 valence electrons. The van der Waals surface area contributed by atoms with E-state index >= 15 is 0 Å². The minimum atomic E-state index is -0.810. The minimum Gasteiger partial charge on any atom is -0.398 e. The molecular weight excluding hydrogens is 231 g/mol. The highest BCUT2D eigenvalue weighted by Crippen LogP contribution is 2.26. The molecule has 2 heterocycles. The van der Waals surface area contributed by atoms with E-state index in [1.807, 2.05) is 29.7 Å². The van der Waals surface area contributed by atoms with Gasteiger partial charge in [0.25, 0.3) is 0 Å². The lowest BCUT2D eigenvalue weighted by Crippen LogP contribution is -2.21. The molecule has 4 nitrogen and oxygen atoms in total. The summed E-state index contributed by atoms with van der Waals surface area (Å²) in [5.74, 6) is 1.57. The molecule has 1 aliphatic heterocycles. The Kier molecular flexibility index (Phi) is 2.54. The summed E-state index contributed by atoms with van der Waals surface area (Å²) in [6.07, 6.45) is 0.374. The summed E-state index contributed by atoms with van der Waals surface area (Å²) >= 11 is 0. The molecule has 1 atom stereocenters. The van der Waals surface area contributed by atoms with Gasteiger partial charge in [0.2, 0.25) is 0 Å². The van der Waals surface area contributed by atoms with E-state index in [1.165, 1.54) is 0 Å². The smallest absolute Gasteiger partial charge is 0.164 e. The summed E-state index contributed by atoms with van der Waals surface area (Å²) in [6.45, 7) is 2.29. The lowest BCUT2D eigenvalue weighted by atomic mass is 10.1. The molecule has 3 rings (SSSR count). The number of benzene rings is 1. The monoisotopic (exact) mass is 246 g/mol. The Morgan fingerprint density at radius 3 is 3.00 bits per heavy atom. The summed E-state index contributed by atoms with van der Waals surface area (Å²) in [5.41, 5.74) is 8.54. The molecule has 1 aromatic carbocycles. The number of rotatable bonds is 1. The van der Waals surface area contributed by atoms with E-state index in [0.717, 1.165) is 22.6 Å². The number of alkyl halides is 1. The minimum absolute atomic E-state index is 0.339. The summed E-state index contributed by atoms with van der Waals surface area (Å²) in [5, 5.41) is 8.29. The van der Waals surface area contributed by atoms with Crippen LogP contribution in [0.15, 0.2) is 18.2 Å². The standard InChI is InChI=1S/C13H15FN4/c1-8-2-3-9(6-11(8)15)13-17-16-12-5-4-10(14)7-18(12)13/h2-3,6,10H,4-5,7,15H2,1H3. The molecule has 2 N–H and O–H groups in total. The van der Waals surface area contributed by atoms with Crippen LogP contribution in [0, 0.1) is 6.92 Å². The average molecular weight is 246 g/mol. The van der Waals surface area contributed by atoms with Crippen molar-refractivity contribution in [3.8, 4) is 11.4 Å². The van der Waals surface area contributed by atoms with Gasteiger partial charge < -0.3 is 10.3 Å². The third-order valence-corrected chi connectivity index (χ3v) is 3.43. The Morgan fingerprint density at radius 1 is 1.39 bits per heavy atom. The molecule has 0 saturated heterocycles. The van der Waals surface area contributed by atoms with Gasteiger partial charge in [0.1, 0.15) is 12.0 Å². The molecule has 0 aliphatic carbocycles. The van der Waals surface area contributed by atoms with Crippen LogP contribution in [0.25, 0.3) is 11.4 Å². The Hall–Kier alpha value is -1.91. The lowest BCUT2D eigenvalue weighted by Gasteiger charge is -2.18. The number of hydrogen-bond acceptors (Lipinski definition) is 3. The topological polar surface area (TPSA) is 56.7 Å². The van der Waals surface area contributed by atoms with E-state index in [-0.39, 0.29) is 0 Å². The highest BCUT2D eigenvalue weighted by Gasteiger charge is 2.23. The lowest BCUT2D eigenvalue weighted by molar-refractivity contribution is 0.254. The summed E-state index contributed by atoms with van der Waals surface area (Å²) in [7, 11) is 0. The van der Waals surface area contributed by atoms with Gasteiger partial charge in [-0.15, -0.1) is 10.2 Å². The third-order valence-electron chi connectivity index (χ3n) is 3.43. The highest BCUT2D eigenvalue weighted by atomic mass is 19.1. The molecule has 0 spiro atoms. The molecule has 0 saturated carbocycles. The molecule has 18 heavy (non-hydrogen) atoms. The van der Waals surface area contributed by atoms with E-state index in [0.29, 0.717) is 25.2 Å². The van der Waals surface area contributed by atoms with Gasteiger partial charge in [0.05, 0.1) is 6.54 Å². The number of fused-ring (bicyclic) bond motifs is 1. The van der Waals surface area contributed by atoms with Gasteiger partial charge in [-0.05, 0) is 25.0 Å². The summed E-state index contributed by atoms with van der Waals surface area (Å²) in [4.78, 5) is 0. The van der Waals surface area contributed by atoms with E-state index in [1.54, 1.807) is 0 Å². The number of aromatic nitrogens is 3. The second-order valence-corrected chi connectivity index (χ2v) is 4.76. The predicted molar refractivity (Wildman–Crippen MR) is 67.8 cm³/mol. The number of nitrogens with zero attached hydrogens (tertiary/aromatic N) is 3. The van der Waals surface area contributed by atoms with Gasteiger partial charge in [-0.2, -0.15) is 0 Å². The maximum Gasteiger partial charge on any atom is 0.164 e. The van der Waals surface area contributed by atoms with Crippen molar-refractivity contribution in [1.29, 1.82) is 0 Å². The maximum atomic E-state index is 13.5. The SMILES string of the molecule is Cc1ccc(-c2nnc3n2CC(F)CC3)cc1N. The molecule has 0 radical (unpaired) electrons. The first-order valence-electron chi connectivity index (χ1n) is 6.08. The Morgan fingerprint density at radius 2 is 2.22 bits per heavy atom. The second-order valence-electron chi connectivity index (χ2n) is 4.76. The molecule has 1 unspecified atom stereocenters. The molecule has 1 aliphatic rings. The zero-order chi connectivity index (χ0) is 12.7. The van der Waals surface area contributed by atoms with Crippen molar-refractivity contribution in [1.82, 2.24) is 14.8 Å². The summed E-state index contributed by atoms with van der Waals surface area (Å²) < 4.78 is 15.3. The zero-order valence-corrected chi connectivity index (χ0v) is 10.2. The maximum absolute atomic E-state index is 13.5. The first-order chi connectivity index (χ1) is 8.65. The molecule has 5 heteroatoms. The van der Waals surface area contributed by atoms with Crippen LogP contribution in [-0.2, 0) is 13.0 Å². The number of hydrogen-bond donors (Lipinski definition) is 1. The highest BCUT2D eigenvalue weighted by molar-refractivity contribution is 5.64. The Bertz CT molecular complexity index is 591. The van der Waals surface area contributed by atoms with Crippen LogP contribution in [0.3, 0.4) is 0 Å². The van der Waals surface area contributed by atoms with Crippen molar-refractivity contribution >= 4 is 5.69 Å². The van der Waals surface area contributed by atoms with E-state index in [9.17, 15) is 4.39 Å². The van der Waals surface area contributed by atoms with Crippen LogP contribution in [0.1, 0.15) is 17.8 Å². The molecule has 0 amide bonds. The first kappa shape index (κ1) is 11.2. The van der Waals surface area contributed by atoms with Crippen LogP contribution in [0.2, 0.25) is 0 Å².